The van der Waals surface area contributed by atoms with Crippen LogP contribution in [0, 0.1) is 5.82 Å². The molecule has 1 amide bonds. The van der Waals surface area contributed by atoms with E-state index in [-0.39, 0.29) is 30.1 Å². The van der Waals surface area contributed by atoms with E-state index in [2.05, 4.69) is 10.3 Å². The van der Waals surface area contributed by atoms with Gasteiger partial charge in [0.25, 0.3) is 5.91 Å². The molecule has 2 rings (SSSR count). The number of fused-ring (bicyclic) bond motifs is 1. The second kappa shape index (κ2) is 5.51. The molecule has 3 N–H and O–H groups in total. The number of carbonyl (C=O) groups is 2. The molecule has 0 fully saturated rings. The van der Waals surface area contributed by atoms with Gasteiger partial charge in [0.05, 0.1) is 5.52 Å². The first-order chi connectivity index (χ1) is 9.08. The highest BCUT2D eigenvalue weighted by Gasteiger charge is 2.11. The number of aromatic amines is 1. The van der Waals surface area contributed by atoms with Crippen LogP contribution in [0.4, 0.5) is 4.39 Å². The number of H-pyrrole nitrogens is 1. The summed E-state index contributed by atoms with van der Waals surface area (Å²) in [6.07, 6.45) is 0.358. The summed E-state index contributed by atoms with van der Waals surface area (Å²) in [6.45, 7) is 0.267. The van der Waals surface area contributed by atoms with Crippen molar-refractivity contribution in [3.05, 3.63) is 35.8 Å². The number of hydrogen-bond donors (Lipinski definition) is 3. The van der Waals surface area contributed by atoms with Crippen LogP contribution in [0.15, 0.2) is 24.3 Å². The van der Waals surface area contributed by atoms with Crippen molar-refractivity contribution in [1.82, 2.24) is 10.3 Å². The highest BCUT2D eigenvalue weighted by Crippen LogP contribution is 2.18. The van der Waals surface area contributed by atoms with E-state index in [0.717, 1.165) is 0 Å². The van der Waals surface area contributed by atoms with Crippen LogP contribution in [0.2, 0.25) is 0 Å². The molecule has 1 heterocycles. The van der Waals surface area contributed by atoms with Crippen molar-refractivity contribution in [2.45, 2.75) is 12.8 Å². The molecule has 0 bridgehead atoms. The first kappa shape index (κ1) is 13.1. The monoisotopic (exact) mass is 264 g/mol. The highest BCUT2D eigenvalue weighted by atomic mass is 19.1. The molecule has 0 unspecified atom stereocenters. The van der Waals surface area contributed by atoms with Gasteiger partial charge < -0.3 is 15.4 Å². The molecule has 0 atom stereocenters. The Kier molecular flexibility index (Phi) is 3.79. The highest BCUT2D eigenvalue weighted by molar-refractivity contribution is 5.98. The maximum absolute atomic E-state index is 13.4. The van der Waals surface area contributed by atoms with Gasteiger partial charge in [0.2, 0.25) is 0 Å². The Labute approximate surface area is 108 Å². The molecule has 1 aromatic heterocycles. The van der Waals surface area contributed by atoms with Gasteiger partial charge in [-0.2, -0.15) is 0 Å². The number of benzene rings is 1. The Morgan fingerprint density at radius 1 is 1.37 bits per heavy atom. The molecule has 6 heteroatoms. The topological polar surface area (TPSA) is 82.2 Å². The summed E-state index contributed by atoms with van der Waals surface area (Å²) in [5.41, 5.74) is 0.550. The van der Waals surface area contributed by atoms with E-state index in [4.69, 9.17) is 5.11 Å². The summed E-state index contributed by atoms with van der Waals surface area (Å²) in [7, 11) is 0. The molecule has 0 radical (unpaired) electrons. The van der Waals surface area contributed by atoms with Gasteiger partial charge in [0.1, 0.15) is 11.5 Å². The zero-order chi connectivity index (χ0) is 13.8. The molecule has 100 valence electrons. The summed E-state index contributed by atoms with van der Waals surface area (Å²) < 4.78 is 13.4. The van der Waals surface area contributed by atoms with E-state index >= 15 is 0 Å². The first-order valence-electron chi connectivity index (χ1n) is 5.85. The van der Waals surface area contributed by atoms with Crippen LogP contribution in [0.25, 0.3) is 10.9 Å². The second-order valence-electron chi connectivity index (χ2n) is 4.14. The molecule has 0 saturated heterocycles. The van der Waals surface area contributed by atoms with Gasteiger partial charge in [-0.15, -0.1) is 0 Å². The molecule has 1 aromatic carbocycles. The van der Waals surface area contributed by atoms with Gasteiger partial charge in [-0.05, 0) is 18.6 Å². The molecule has 0 spiro atoms. The summed E-state index contributed by atoms with van der Waals surface area (Å²) in [6, 6.07) is 6.15. The minimum absolute atomic E-state index is 0.00160. The smallest absolute Gasteiger partial charge is 0.303 e. The number of carboxylic acid groups (broad SMARTS) is 1. The number of para-hydroxylation sites is 1. The Bertz CT molecular complexity index is 621. The maximum atomic E-state index is 13.4. The van der Waals surface area contributed by atoms with Gasteiger partial charge in [0, 0.05) is 18.4 Å². The zero-order valence-corrected chi connectivity index (χ0v) is 10.1. The third kappa shape index (κ3) is 3.09. The fraction of sp³-hybridized carbons (Fsp3) is 0.231. The lowest BCUT2D eigenvalue weighted by atomic mass is 10.2. The fourth-order valence-corrected chi connectivity index (χ4v) is 1.78. The van der Waals surface area contributed by atoms with E-state index < -0.39 is 11.8 Å². The summed E-state index contributed by atoms with van der Waals surface area (Å²) in [4.78, 5) is 24.8. The molecule has 0 saturated carbocycles. The van der Waals surface area contributed by atoms with E-state index in [1.165, 1.54) is 6.07 Å². The van der Waals surface area contributed by atoms with E-state index in [9.17, 15) is 14.0 Å². The molecule has 0 aliphatic heterocycles. The SMILES string of the molecule is O=C(O)CCCNC(=O)c1cc2cccc(F)c2[nH]1. The standard InChI is InChI=1S/C13H13FN2O3/c14-9-4-1-3-8-7-10(16-12(8)9)13(19)15-6-2-5-11(17)18/h1,3-4,7,16H,2,5-6H2,(H,15,19)(H,17,18). The number of aliphatic carboxylic acids is 1. The van der Waals surface area contributed by atoms with Crippen LogP contribution in [0.1, 0.15) is 23.3 Å². The molecule has 19 heavy (non-hydrogen) atoms. The van der Waals surface area contributed by atoms with Crippen molar-refractivity contribution in [3.8, 4) is 0 Å². The van der Waals surface area contributed by atoms with Crippen molar-refractivity contribution in [3.63, 3.8) is 0 Å². The van der Waals surface area contributed by atoms with Crippen molar-refractivity contribution in [1.29, 1.82) is 0 Å². The van der Waals surface area contributed by atoms with Crippen molar-refractivity contribution < 1.29 is 19.1 Å². The van der Waals surface area contributed by atoms with Crippen molar-refractivity contribution in [2.75, 3.05) is 6.54 Å². The third-order valence-electron chi connectivity index (χ3n) is 2.70. The Morgan fingerprint density at radius 2 is 2.16 bits per heavy atom. The minimum Gasteiger partial charge on any atom is -0.481 e. The van der Waals surface area contributed by atoms with Crippen LogP contribution in [0.3, 0.4) is 0 Å². The lowest BCUT2D eigenvalue weighted by Gasteiger charge is -2.01. The lowest BCUT2D eigenvalue weighted by Crippen LogP contribution is -2.25. The van der Waals surface area contributed by atoms with Crippen LogP contribution in [0.5, 0.6) is 0 Å². The van der Waals surface area contributed by atoms with Crippen LogP contribution in [-0.4, -0.2) is 28.5 Å². The number of aromatic nitrogens is 1. The summed E-state index contributed by atoms with van der Waals surface area (Å²) >= 11 is 0. The number of amides is 1. The number of nitrogens with one attached hydrogen (secondary N) is 2. The van der Waals surface area contributed by atoms with Crippen molar-refractivity contribution >= 4 is 22.8 Å². The number of halogens is 1. The first-order valence-corrected chi connectivity index (χ1v) is 5.85. The quantitative estimate of drug-likeness (QED) is 0.721. The average molecular weight is 264 g/mol. The van der Waals surface area contributed by atoms with Crippen LogP contribution in [-0.2, 0) is 4.79 Å². The summed E-state index contributed by atoms with van der Waals surface area (Å²) in [5, 5.41) is 11.7. The van der Waals surface area contributed by atoms with Gasteiger partial charge in [-0.25, -0.2) is 4.39 Å². The molecule has 2 aromatic rings. The average Bonchev–Trinajstić information content (AvgIpc) is 2.79. The van der Waals surface area contributed by atoms with Crippen molar-refractivity contribution in [2.24, 2.45) is 0 Å². The van der Waals surface area contributed by atoms with E-state index in [1.54, 1.807) is 18.2 Å². The zero-order valence-electron chi connectivity index (χ0n) is 10.1. The van der Waals surface area contributed by atoms with Gasteiger partial charge in [0.15, 0.2) is 0 Å². The van der Waals surface area contributed by atoms with E-state index in [0.29, 0.717) is 11.8 Å². The molecular formula is C13H13FN2O3. The van der Waals surface area contributed by atoms with Crippen LogP contribution >= 0.6 is 0 Å². The molecular weight excluding hydrogens is 251 g/mol. The molecule has 0 aliphatic rings. The van der Waals surface area contributed by atoms with Crippen LogP contribution < -0.4 is 5.32 Å². The summed E-state index contributed by atoms with van der Waals surface area (Å²) in [5.74, 6) is -1.69. The normalized spacial score (nSPS) is 10.6. The predicted octanol–water partition coefficient (Wildman–Crippen LogP) is 1.90. The predicted molar refractivity (Wildman–Crippen MR) is 67.5 cm³/mol. The Balaban J connectivity index is 2.01. The number of hydrogen-bond acceptors (Lipinski definition) is 2. The third-order valence-corrected chi connectivity index (χ3v) is 2.70. The Hall–Kier alpha value is -2.37. The van der Waals surface area contributed by atoms with E-state index in [1.807, 2.05) is 0 Å². The maximum Gasteiger partial charge on any atom is 0.303 e. The molecule has 5 nitrogen and oxygen atoms in total. The fourth-order valence-electron chi connectivity index (χ4n) is 1.78. The number of carbonyl (C=O) groups excluding carboxylic acids is 1. The largest absolute Gasteiger partial charge is 0.481 e. The van der Waals surface area contributed by atoms with Gasteiger partial charge in [-0.1, -0.05) is 12.1 Å². The Morgan fingerprint density at radius 3 is 2.84 bits per heavy atom. The number of rotatable bonds is 5. The second-order valence-corrected chi connectivity index (χ2v) is 4.14. The lowest BCUT2D eigenvalue weighted by molar-refractivity contribution is -0.137. The number of carboxylic acids is 1. The van der Waals surface area contributed by atoms with Gasteiger partial charge >= 0.3 is 5.97 Å². The molecule has 0 aliphatic carbocycles. The van der Waals surface area contributed by atoms with Gasteiger partial charge in [-0.3, -0.25) is 9.59 Å². The minimum atomic E-state index is -0.901.